The molecule has 0 spiro atoms. The second-order valence-corrected chi connectivity index (χ2v) is 6.52. The molecule has 2 aromatic rings. The van der Waals surface area contributed by atoms with Crippen LogP contribution in [0.15, 0.2) is 0 Å². The number of likely N-dealkylation sites (tertiary alicyclic amines) is 1. The van der Waals surface area contributed by atoms with Crippen LogP contribution in [0, 0.1) is 13.8 Å². The summed E-state index contributed by atoms with van der Waals surface area (Å²) in [5.74, 6) is 0.0667. The van der Waals surface area contributed by atoms with Gasteiger partial charge in [-0.05, 0) is 44.6 Å². The molecule has 0 radical (unpaired) electrons. The Morgan fingerprint density at radius 1 is 1.41 bits per heavy atom. The van der Waals surface area contributed by atoms with Crippen molar-refractivity contribution in [2.24, 2.45) is 7.05 Å². The fourth-order valence-corrected chi connectivity index (χ4v) is 4.02. The maximum Gasteiger partial charge on any atom is 0.268 e. The summed E-state index contributed by atoms with van der Waals surface area (Å²) in [6.45, 7) is 6.89. The second kappa shape index (κ2) is 5.79. The van der Waals surface area contributed by atoms with Crippen molar-refractivity contribution in [1.29, 1.82) is 0 Å². The molecule has 1 fully saturated rings. The van der Waals surface area contributed by atoms with Crippen molar-refractivity contribution in [3.63, 3.8) is 0 Å². The van der Waals surface area contributed by atoms with Crippen LogP contribution in [0.2, 0.25) is 0 Å². The van der Waals surface area contributed by atoms with Gasteiger partial charge in [-0.1, -0.05) is 11.4 Å². The third kappa shape index (κ3) is 2.33. The first-order valence-corrected chi connectivity index (χ1v) is 8.44. The Bertz CT molecular complexity index is 705. The fraction of sp³-hybridized carbons (Fsp3) is 0.600. The molecule has 7 heteroatoms. The zero-order valence-electron chi connectivity index (χ0n) is 13.5. The number of amides is 1. The van der Waals surface area contributed by atoms with E-state index >= 15 is 0 Å². The van der Waals surface area contributed by atoms with E-state index in [0.717, 1.165) is 42.9 Å². The molecule has 1 saturated heterocycles. The van der Waals surface area contributed by atoms with Gasteiger partial charge in [0.2, 0.25) is 0 Å². The molecule has 0 bridgehead atoms. The van der Waals surface area contributed by atoms with Crippen LogP contribution in [-0.2, 0) is 13.5 Å². The molecule has 1 atom stereocenters. The van der Waals surface area contributed by atoms with E-state index < -0.39 is 0 Å². The van der Waals surface area contributed by atoms with E-state index in [0.29, 0.717) is 4.88 Å². The summed E-state index contributed by atoms with van der Waals surface area (Å²) in [6, 6.07) is 0.119. The highest BCUT2D eigenvalue weighted by Crippen LogP contribution is 2.36. The quantitative estimate of drug-likeness (QED) is 0.871. The summed E-state index contributed by atoms with van der Waals surface area (Å²) in [5.41, 5.74) is 4.16. The zero-order chi connectivity index (χ0) is 15.9. The van der Waals surface area contributed by atoms with E-state index in [1.54, 1.807) is 0 Å². The van der Waals surface area contributed by atoms with E-state index in [1.807, 2.05) is 30.5 Å². The number of rotatable bonds is 3. The van der Waals surface area contributed by atoms with E-state index in [-0.39, 0.29) is 11.9 Å². The molecule has 6 nitrogen and oxygen atoms in total. The minimum Gasteiger partial charge on any atom is -0.331 e. The lowest BCUT2D eigenvalue weighted by molar-refractivity contribution is 0.0738. The number of hydrogen-bond acceptors (Lipinski definition) is 5. The van der Waals surface area contributed by atoms with Crippen LogP contribution in [0.25, 0.3) is 0 Å². The molecule has 3 rings (SSSR count). The van der Waals surface area contributed by atoms with Crippen molar-refractivity contribution in [1.82, 2.24) is 24.3 Å². The van der Waals surface area contributed by atoms with Gasteiger partial charge in [0.25, 0.3) is 5.91 Å². The Hall–Kier alpha value is -1.76. The number of carbonyl (C=O) groups is 1. The van der Waals surface area contributed by atoms with Gasteiger partial charge in [-0.2, -0.15) is 5.10 Å². The van der Waals surface area contributed by atoms with Crippen molar-refractivity contribution in [3.05, 3.63) is 27.5 Å². The van der Waals surface area contributed by atoms with Crippen molar-refractivity contribution < 1.29 is 4.79 Å². The fourth-order valence-electron chi connectivity index (χ4n) is 3.31. The van der Waals surface area contributed by atoms with Crippen molar-refractivity contribution >= 4 is 17.4 Å². The predicted molar refractivity (Wildman–Crippen MR) is 85.0 cm³/mol. The van der Waals surface area contributed by atoms with Crippen LogP contribution in [0.5, 0.6) is 0 Å². The summed E-state index contributed by atoms with van der Waals surface area (Å²) < 4.78 is 5.85. The number of hydrogen-bond donors (Lipinski definition) is 0. The standard InChI is InChI=1S/C15H21N5OS/c1-5-11-14(22-18-16-11)15(21)20-8-6-7-12(20)13-9(2)17-19(4)10(13)3/h12H,5-8H2,1-4H3/t12-/m0/s1. The Balaban J connectivity index is 1.95. The Morgan fingerprint density at radius 3 is 2.82 bits per heavy atom. The monoisotopic (exact) mass is 319 g/mol. The summed E-state index contributed by atoms with van der Waals surface area (Å²) in [6.07, 6.45) is 2.76. The van der Waals surface area contributed by atoms with Crippen LogP contribution in [-0.4, -0.2) is 36.7 Å². The summed E-state index contributed by atoms with van der Waals surface area (Å²) in [4.78, 5) is 15.6. The van der Waals surface area contributed by atoms with Crippen molar-refractivity contribution in [3.8, 4) is 0 Å². The van der Waals surface area contributed by atoms with Gasteiger partial charge in [0.1, 0.15) is 4.88 Å². The first kappa shape index (κ1) is 15.1. The Labute approximate surface area is 134 Å². The molecule has 0 aliphatic carbocycles. The van der Waals surface area contributed by atoms with Crippen LogP contribution >= 0.6 is 11.5 Å². The molecule has 1 aliphatic rings. The van der Waals surface area contributed by atoms with Crippen LogP contribution < -0.4 is 0 Å². The average Bonchev–Trinajstić information content (AvgIpc) is 3.19. The number of aromatic nitrogens is 4. The van der Waals surface area contributed by atoms with Crippen LogP contribution in [0.3, 0.4) is 0 Å². The first-order valence-electron chi connectivity index (χ1n) is 7.66. The molecule has 2 aromatic heterocycles. The highest BCUT2D eigenvalue weighted by atomic mass is 32.1. The van der Waals surface area contributed by atoms with Gasteiger partial charge in [-0.3, -0.25) is 9.48 Å². The minimum absolute atomic E-state index is 0.0667. The molecule has 118 valence electrons. The van der Waals surface area contributed by atoms with Crippen LogP contribution in [0.1, 0.15) is 58.1 Å². The normalized spacial score (nSPS) is 18.2. The zero-order valence-corrected chi connectivity index (χ0v) is 14.3. The maximum absolute atomic E-state index is 12.9. The second-order valence-electron chi connectivity index (χ2n) is 5.77. The summed E-state index contributed by atoms with van der Waals surface area (Å²) in [7, 11) is 1.95. The third-order valence-electron chi connectivity index (χ3n) is 4.50. The Morgan fingerprint density at radius 2 is 2.18 bits per heavy atom. The minimum atomic E-state index is 0.0667. The van der Waals surface area contributed by atoms with Gasteiger partial charge in [0.15, 0.2) is 0 Å². The van der Waals surface area contributed by atoms with Gasteiger partial charge >= 0.3 is 0 Å². The molecule has 0 saturated carbocycles. The topological polar surface area (TPSA) is 63.9 Å². The molecule has 0 N–H and O–H groups in total. The predicted octanol–water partition coefficient (Wildman–Crippen LogP) is 2.43. The third-order valence-corrected chi connectivity index (χ3v) is 5.25. The Kier molecular flexibility index (Phi) is 3.99. The van der Waals surface area contributed by atoms with Crippen molar-refractivity contribution in [2.75, 3.05) is 6.54 Å². The highest BCUT2D eigenvalue weighted by molar-refractivity contribution is 7.08. The lowest BCUT2D eigenvalue weighted by Gasteiger charge is -2.25. The molecule has 22 heavy (non-hydrogen) atoms. The molecule has 1 aliphatic heterocycles. The molecule has 0 aromatic carbocycles. The van der Waals surface area contributed by atoms with Gasteiger partial charge in [-0.15, -0.1) is 5.10 Å². The van der Waals surface area contributed by atoms with Gasteiger partial charge < -0.3 is 4.90 Å². The number of aryl methyl sites for hydroxylation is 3. The molecule has 1 amide bonds. The largest absolute Gasteiger partial charge is 0.331 e. The molecule has 0 unspecified atom stereocenters. The van der Waals surface area contributed by atoms with Crippen LogP contribution in [0.4, 0.5) is 0 Å². The lowest BCUT2D eigenvalue weighted by Crippen LogP contribution is -2.31. The first-order chi connectivity index (χ1) is 10.5. The average molecular weight is 319 g/mol. The van der Waals surface area contributed by atoms with Crippen molar-refractivity contribution in [2.45, 2.75) is 46.1 Å². The van der Waals surface area contributed by atoms with E-state index in [2.05, 4.69) is 21.6 Å². The van der Waals surface area contributed by atoms with Gasteiger partial charge in [-0.25, -0.2) is 0 Å². The summed E-state index contributed by atoms with van der Waals surface area (Å²) >= 11 is 1.21. The number of nitrogens with zero attached hydrogens (tertiary/aromatic N) is 5. The highest BCUT2D eigenvalue weighted by Gasteiger charge is 2.35. The smallest absolute Gasteiger partial charge is 0.268 e. The van der Waals surface area contributed by atoms with Gasteiger partial charge in [0, 0.05) is 24.8 Å². The van der Waals surface area contributed by atoms with E-state index in [4.69, 9.17) is 0 Å². The molecular formula is C15H21N5OS. The molecular weight excluding hydrogens is 298 g/mol. The van der Waals surface area contributed by atoms with E-state index in [1.165, 1.54) is 17.1 Å². The summed E-state index contributed by atoms with van der Waals surface area (Å²) in [5, 5.41) is 8.57. The SMILES string of the molecule is CCc1nnsc1C(=O)N1CCC[C@H]1c1c(C)nn(C)c1C. The maximum atomic E-state index is 12.9. The van der Waals surface area contributed by atoms with Gasteiger partial charge in [0.05, 0.1) is 17.4 Å². The van der Waals surface area contributed by atoms with E-state index in [9.17, 15) is 4.79 Å². The lowest BCUT2D eigenvalue weighted by atomic mass is 10.0. The molecule has 3 heterocycles. The number of carbonyl (C=O) groups excluding carboxylic acids is 1.